The van der Waals surface area contributed by atoms with Crippen LogP contribution in [0.1, 0.15) is 44.4 Å². The average Bonchev–Trinajstić information content (AvgIpc) is 2.78. The molecule has 4 rings (SSSR count). The number of nitrogens with zero attached hydrogens (tertiary/aromatic N) is 1. The van der Waals surface area contributed by atoms with Crippen molar-refractivity contribution >= 4 is 11.8 Å². The van der Waals surface area contributed by atoms with E-state index in [1.165, 1.54) is 12.3 Å². The van der Waals surface area contributed by atoms with Crippen molar-refractivity contribution in [1.82, 2.24) is 0 Å². The van der Waals surface area contributed by atoms with E-state index in [9.17, 15) is 14.7 Å². The van der Waals surface area contributed by atoms with Gasteiger partial charge in [0.1, 0.15) is 30.0 Å². The summed E-state index contributed by atoms with van der Waals surface area (Å²) in [6, 6.07) is 19.5. The van der Waals surface area contributed by atoms with E-state index in [1.807, 2.05) is 30.3 Å². The van der Waals surface area contributed by atoms with Crippen molar-refractivity contribution in [2.24, 2.45) is 0 Å². The molecule has 1 N–H and O–H groups in total. The zero-order valence-corrected chi connectivity index (χ0v) is 16.3. The van der Waals surface area contributed by atoms with Gasteiger partial charge >= 0.3 is 5.97 Å². The normalized spacial score (nSPS) is 14.7. The zero-order chi connectivity index (χ0) is 21.8. The summed E-state index contributed by atoms with van der Waals surface area (Å²) in [5.41, 5.74) is 1.52. The minimum Gasteiger partial charge on any atom is -0.489 e. The number of carboxylic acid groups (broad SMARTS) is 1. The van der Waals surface area contributed by atoms with Crippen LogP contribution >= 0.6 is 0 Å². The molecule has 0 aliphatic carbocycles. The van der Waals surface area contributed by atoms with Gasteiger partial charge in [0, 0.05) is 6.07 Å². The van der Waals surface area contributed by atoms with E-state index in [0.717, 1.165) is 17.2 Å². The summed E-state index contributed by atoms with van der Waals surface area (Å²) >= 11 is 0. The number of ketones is 1. The zero-order valence-electron chi connectivity index (χ0n) is 16.3. The number of rotatable bonds is 6. The molecule has 31 heavy (non-hydrogen) atoms. The first-order valence-corrected chi connectivity index (χ1v) is 9.49. The Morgan fingerprint density at radius 2 is 1.84 bits per heavy atom. The van der Waals surface area contributed by atoms with Crippen LogP contribution in [0.3, 0.4) is 0 Å². The Hall–Kier alpha value is -4.31. The van der Waals surface area contributed by atoms with Crippen LogP contribution < -0.4 is 14.2 Å². The lowest BCUT2D eigenvalue weighted by Crippen LogP contribution is -2.23. The quantitative estimate of drug-likeness (QED) is 0.590. The largest absolute Gasteiger partial charge is 0.489 e. The van der Waals surface area contributed by atoms with Gasteiger partial charge in [0.2, 0.25) is 0 Å². The van der Waals surface area contributed by atoms with E-state index in [2.05, 4.69) is 0 Å². The van der Waals surface area contributed by atoms with E-state index in [1.54, 1.807) is 24.3 Å². The minimum absolute atomic E-state index is 0.00300. The highest BCUT2D eigenvalue weighted by Crippen LogP contribution is 2.39. The van der Waals surface area contributed by atoms with Crippen LogP contribution in [0.2, 0.25) is 0 Å². The summed E-state index contributed by atoms with van der Waals surface area (Å²) < 4.78 is 16.4. The van der Waals surface area contributed by atoms with Gasteiger partial charge in [-0.05, 0) is 29.3 Å². The number of carboxylic acids is 1. The lowest BCUT2D eigenvalue weighted by molar-refractivity contribution is 0.0681. The topological polar surface area (TPSA) is 106 Å². The molecule has 1 aliphatic rings. The van der Waals surface area contributed by atoms with Crippen LogP contribution in [-0.4, -0.2) is 16.9 Å². The number of aromatic carboxylic acids is 1. The molecule has 1 aliphatic heterocycles. The maximum absolute atomic E-state index is 12.7. The molecule has 0 radical (unpaired) electrons. The fourth-order valence-corrected chi connectivity index (χ4v) is 3.42. The third kappa shape index (κ3) is 4.33. The lowest BCUT2D eigenvalue weighted by atomic mass is 9.92. The number of benzene rings is 3. The molecule has 0 aromatic heterocycles. The van der Waals surface area contributed by atoms with Crippen LogP contribution in [0.25, 0.3) is 0 Å². The third-order valence-corrected chi connectivity index (χ3v) is 4.89. The predicted octanol–water partition coefficient (Wildman–Crippen LogP) is 4.53. The highest BCUT2D eigenvalue weighted by atomic mass is 16.5. The molecular formula is C24H17NO6. The number of Topliss-reactive ketones (excluding diaryl/α,β-unsaturated/α-hetero) is 1. The first kappa shape index (κ1) is 20.0. The number of carbonyl (C=O) groups excluding carboxylic acids is 1. The van der Waals surface area contributed by atoms with Gasteiger partial charge in [0.05, 0.1) is 17.5 Å². The third-order valence-electron chi connectivity index (χ3n) is 4.89. The summed E-state index contributed by atoms with van der Waals surface area (Å²) in [7, 11) is 0. The number of ether oxygens (including phenoxy) is 3. The lowest BCUT2D eigenvalue weighted by Gasteiger charge is -2.26. The fraction of sp³-hybridized carbons (Fsp3) is 0.125. The van der Waals surface area contributed by atoms with Crippen LogP contribution in [0.5, 0.6) is 17.2 Å². The van der Waals surface area contributed by atoms with Crippen LogP contribution in [-0.2, 0) is 6.61 Å². The average molecular weight is 415 g/mol. The van der Waals surface area contributed by atoms with Crippen molar-refractivity contribution in [3.63, 3.8) is 0 Å². The second kappa shape index (κ2) is 8.59. The van der Waals surface area contributed by atoms with Gasteiger partial charge in [-0.3, -0.25) is 4.79 Å². The Morgan fingerprint density at radius 1 is 1.10 bits per heavy atom. The van der Waals surface area contributed by atoms with Crippen LogP contribution in [0.15, 0.2) is 66.7 Å². The Kier molecular flexibility index (Phi) is 5.54. The number of nitriles is 1. The summed E-state index contributed by atoms with van der Waals surface area (Å²) in [6.07, 6.45) is 0.894. The van der Waals surface area contributed by atoms with Gasteiger partial charge < -0.3 is 19.3 Å². The molecule has 0 spiro atoms. The van der Waals surface area contributed by atoms with Crippen LogP contribution in [0, 0.1) is 11.5 Å². The van der Waals surface area contributed by atoms with E-state index in [-0.39, 0.29) is 34.8 Å². The second-order valence-electron chi connectivity index (χ2n) is 6.92. The smallest absolute Gasteiger partial charge is 0.336 e. The molecule has 154 valence electrons. The van der Waals surface area contributed by atoms with Gasteiger partial charge in [0.15, 0.2) is 5.78 Å². The van der Waals surface area contributed by atoms with Crippen LogP contribution in [0.4, 0.5) is 0 Å². The molecule has 3 aromatic carbocycles. The minimum atomic E-state index is -1.30. The number of fused-ring (bicyclic) bond motifs is 1. The molecule has 0 saturated carbocycles. The van der Waals surface area contributed by atoms with Gasteiger partial charge in [-0.1, -0.05) is 42.5 Å². The van der Waals surface area contributed by atoms with E-state index in [4.69, 9.17) is 19.5 Å². The molecular weight excluding hydrogens is 398 g/mol. The molecule has 3 aromatic rings. The maximum Gasteiger partial charge on any atom is 0.336 e. The molecule has 1 atom stereocenters. The number of carbonyl (C=O) groups is 2. The fourth-order valence-electron chi connectivity index (χ4n) is 3.42. The molecule has 0 amide bonds. The first-order valence-electron chi connectivity index (χ1n) is 9.49. The summed E-state index contributed by atoms with van der Waals surface area (Å²) in [5, 5.41) is 18.2. The highest BCUT2D eigenvalue weighted by Gasteiger charge is 2.32. The van der Waals surface area contributed by atoms with Gasteiger partial charge in [-0.15, -0.1) is 5.26 Å². The van der Waals surface area contributed by atoms with Gasteiger partial charge in [-0.2, -0.15) is 0 Å². The Balaban J connectivity index is 1.54. The molecule has 0 fully saturated rings. The Morgan fingerprint density at radius 3 is 2.52 bits per heavy atom. The van der Waals surface area contributed by atoms with Crippen molar-refractivity contribution in [3.05, 3.63) is 89.0 Å². The first-order chi connectivity index (χ1) is 15.0. The Labute approximate surface area is 178 Å². The molecule has 0 saturated heterocycles. The van der Waals surface area contributed by atoms with Crippen molar-refractivity contribution in [2.75, 3.05) is 0 Å². The second-order valence-corrected chi connectivity index (χ2v) is 6.92. The summed E-state index contributed by atoms with van der Waals surface area (Å²) in [4.78, 5) is 24.3. The summed E-state index contributed by atoms with van der Waals surface area (Å²) in [6.45, 7) is 0.436. The van der Waals surface area contributed by atoms with Gasteiger partial charge in [-0.25, -0.2) is 4.79 Å². The monoisotopic (exact) mass is 415 g/mol. The molecule has 0 bridgehead atoms. The Bertz CT molecular complexity index is 1170. The van der Waals surface area contributed by atoms with Gasteiger partial charge in [0.25, 0.3) is 6.26 Å². The highest BCUT2D eigenvalue weighted by molar-refractivity contribution is 6.09. The molecule has 1 heterocycles. The van der Waals surface area contributed by atoms with Crippen molar-refractivity contribution in [1.29, 1.82) is 5.26 Å². The van der Waals surface area contributed by atoms with E-state index < -0.39 is 12.1 Å². The van der Waals surface area contributed by atoms with Crippen molar-refractivity contribution in [3.8, 4) is 23.5 Å². The summed E-state index contributed by atoms with van der Waals surface area (Å²) in [5.74, 6) is -0.896. The van der Waals surface area contributed by atoms with E-state index >= 15 is 0 Å². The molecule has 7 heteroatoms. The van der Waals surface area contributed by atoms with E-state index in [0.29, 0.717) is 12.4 Å². The predicted molar refractivity (Wildman–Crippen MR) is 109 cm³/mol. The SMILES string of the molecule is N#COc1cc2c(c(C(=O)O)c1)C(=O)CC(c1ccc(OCc3ccccc3)cc1)O2. The maximum atomic E-state index is 12.7. The standard InChI is InChI=1S/C24H17NO6/c25-14-30-18-10-19(24(27)28)23-20(26)12-21(31-22(23)11-18)16-6-8-17(9-7-16)29-13-15-4-2-1-3-5-15/h1-11,21H,12-13H2,(H,27,28). The number of hydrogen-bond acceptors (Lipinski definition) is 6. The molecule has 1 unspecified atom stereocenters. The number of hydrogen-bond donors (Lipinski definition) is 1. The van der Waals surface area contributed by atoms with Crippen molar-refractivity contribution < 1.29 is 28.9 Å². The molecule has 7 nitrogen and oxygen atoms in total. The van der Waals surface area contributed by atoms with Crippen molar-refractivity contribution in [2.45, 2.75) is 19.1 Å².